The van der Waals surface area contributed by atoms with E-state index in [2.05, 4.69) is 5.32 Å². The summed E-state index contributed by atoms with van der Waals surface area (Å²) in [6, 6.07) is 4.93. The predicted molar refractivity (Wildman–Crippen MR) is 110 cm³/mol. The molecule has 1 aromatic carbocycles. The molecule has 156 valence electrons. The lowest BCUT2D eigenvalue weighted by atomic mass is 9.97. The van der Waals surface area contributed by atoms with E-state index in [9.17, 15) is 9.59 Å². The molecule has 8 heteroatoms. The minimum Gasteiger partial charge on any atom is -0.496 e. The minimum atomic E-state index is -0.218. The normalized spacial score (nSPS) is 18.8. The first-order valence-corrected chi connectivity index (χ1v) is 9.80. The van der Waals surface area contributed by atoms with Crippen LogP contribution in [-0.4, -0.2) is 49.1 Å². The predicted octanol–water partition coefficient (Wildman–Crippen LogP) is 1.59. The number of ether oxygens (including phenoxy) is 2. The summed E-state index contributed by atoms with van der Waals surface area (Å²) in [6.45, 7) is 3.75. The van der Waals surface area contributed by atoms with E-state index < -0.39 is 0 Å². The average Bonchev–Trinajstić information content (AvgIpc) is 2.73. The van der Waals surface area contributed by atoms with Gasteiger partial charge in [0.25, 0.3) is 11.8 Å². The number of rotatable bonds is 6. The Morgan fingerprint density at radius 1 is 1.41 bits per heavy atom. The third-order valence-corrected chi connectivity index (χ3v) is 5.07. The van der Waals surface area contributed by atoms with Crippen molar-refractivity contribution in [2.24, 2.45) is 17.4 Å². The molecule has 3 rings (SSSR count). The van der Waals surface area contributed by atoms with Gasteiger partial charge in [-0.05, 0) is 62.2 Å². The number of carbonyl (C=O) groups is 2. The molecule has 1 aromatic rings. The Bertz CT molecular complexity index is 811. The number of fused-ring (bicyclic) bond motifs is 1. The molecule has 0 aliphatic carbocycles. The van der Waals surface area contributed by atoms with Crippen molar-refractivity contribution < 1.29 is 19.1 Å². The topological polar surface area (TPSA) is 120 Å². The summed E-state index contributed by atoms with van der Waals surface area (Å²) >= 11 is 0. The maximum Gasteiger partial charge on any atom is 0.262 e. The van der Waals surface area contributed by atoms with Gasteiger partial charge in [0.15, 0.2) is 6.61 Å². The summed E-state index contributed by atoms with van der Waals surface area (Å²) in [7, 11) is 0. The van der Waals surface area contributed by atoms with Gasteiger partial charge < -0.3 is 31.2 Å². The van der Waals surface area contributed by atoms with Crippen molar-refractivity contribution in [2.45, 2.75) is 25.8 Å². The van der Waals surface area contributed by atoms with Gasteiger partial charge in [-0.15, -0.1) is 0 Å². The number of allylic oxidation sites excluding steroid dienone is 2. The summed E-state index contributed by atoms with van der Waals surface area (Å²) in [4.78, 5) is 26.2. The second-order valence-corrected chi connectivity index (χ2v) is 7.34. The second-order valence-electron chi connectivity index (χ2n) is 7.34. The van der Waals surface area contributed by atoms with Crippen LogP contribution in [0.4, 0.5) is 5.69 Å². The van der Waals surface area contributed by atoms with Crippen LogP contribution >= 0.6 is 0 Å². The maximum absolute atomic E-state index is 12.8. The molecule has 2 heterocycles. The highest BCUT2D eigenvalue weighted by molar-refractivity contribution is 5.99. The van der Waals surface area contributed by atoms with E-state index in [1.54, 1.807) is 30.4 Å². The van der Waals surface area contributed by atoms with Crippen LogP contribution in [0.25, 0.3) is 0 Å². The Morgan fingerprint density at radius 2 is 2.17 bits per heavy atom. The SMILES string of the molecule is CC(N)/C(=C\C=C/N)OCC1CCN(C(=O)c2ccc3c(c2)NC(=O)CO3)CC1. The van der Waals surface area contributed by atoms with Crippen LogP contribution in [0.1, 0.15) is 30.1 Å². The molecule has 8 nitrogen and oxygen atoms in total. The van der Waals surface area contributed by atoms with Crippen molar-refractivity contribution in [3.05, 3.63) is 47.9 Å². The first-order valence-electron chi connectivity index (χ1n) is 9.80. The van der Waals surface area contributed by atoms with E-state index in [0.29, 0.717) is 48.4 Å². The second kappa shape index (κ2) is 9.47. The first-order chi connectivity index (χ1) is 14.0. The third-order valence-electron chi connectivity index (χ3n) is 5.07. The minimum absolute atomic E-state index is 0.00176. The average molecular weight is 400 g/mol. The largest absolute Gasteiger partial charge is 0.496 e. The number of likely N-dealkylation sites (tertiary alicyclic amines) is 1. The third kappa shape index (κ3) is 5.29. The van der Waals surface area contributed by atoms with Crippen molar-refractivity contribution in [2.75, 3.05) is 31.6 Å². The van der Waals surface area contributed by atoms with Crippen LogP contribution in [0.5, 0.6) is 5.75 Å². The fourth-order valence-electron chi connectivity index (χ4n) is 3.40. The summed E-state index contributed by atoms with van der Waals surface area (Å²) < 4.78 is 11.2. The zero-order valence-electron chi connectivity index (χ0n) is 16.6. The van der Waals surface area contributed by atoms with E-state index in [0.717, 1.165) is 12.8 Å². The zero-order valence-corrected chi connectivity index (χ0v) is 16.6. The van der Waals surface area contributed by atoms with Crippen LogP contribution in [0.15, 0.2) is 42.3 Å². The fourth-order valence-corrected chi connectivity index (χ4v) is 3.40. The van der Waals surface area contributed by atoms with Crippen molar-refractivity contribution in [3.63, 3.8) is 0 Å². The number of amides is 2. The highest BCUT2D eigenvalue weighted by atomic mass is 16.5. The Hall–Kier alpha value is -3.00. The lowest BCUT2D eigenvalue weighted by Gasteiger charge is -2.32. The monoisotopic (exact) mass is 400 g/mol. The molecule has 1 fully saturated rings. The molecule has 1 atom stereocenters. The van der Waals surface area contributed by atoms with Gasteiger partial charge in [0, 0.05) is 18.7 Å². The smallest absolute Gasteiger partial charge is 0.262 e. The van der Waals surface area contributed by atoms with E-state index in [1.807, 2.05) is 11.8 Å². The van der Waals surface area contributed by atoms with Gasteiger partial charge in [-0.2, -0.15) is 0 Å². The Morgan fingerprint density at radius 3 is 2.86 bits per heavy atom. The van der Waals surface area contributed by atoms with Crippen molar-refractivity contribution in [3.8, 4) is 5.75 Å². The van der Waals surface area contributed by atoms with E-state index >= 15 is 0 Å². The number of nitrogens with one attached hydrogen (secondary N) is 1. The quantitative estimate of drug-likeness (QED) is 0.493. The summed E-state index contributed by atoms with van der Waals surface area (Å²) in [6.07, 6.45) is 6.63. The molecule has 0 spiro atoms. The van der Waals surface area contributed by atoms with Crippen LogP contribution < -0.4 is 21.5 Å². The van der Waals surface area contributed by atoms with Gasteiger partial charge in [0.05, 0.1) is 18.3 Å². The van der Waals surface area contributed by atoms with E-state index in [4.69, 9.17) is 20.9 Å². The highest BCUT2D eigenvalue weighted by Gasteiger charge is 2.26. The number of hydrogen-bond acceptors (Lipinski definition) is 6. The van der Waals surface area contributed by atoms with Gasteiger partial charge in [-0.25, -0.2) is 0 Å². The number of benzene rings is 1. The maximum atomic E-state index is 12.8. The highest BCUT2D eigenvalue weighted by Crippen LogP contribution is 2.29. The number of nitrogens with two attached hydrogens (primary N) is 2. The summed E-state index contributed by atoms with van der Waals surface area (Å²) in [5.41, 5.74) is 12.4. The molecular weight excluding hydrogens is 372 g/mol. The number of hydrogen-bond donors (Lipinski definition) is 3. The molecule has 29 heavy (non-hydrogen) atoms. The van der Waals surface area contributed by atoms with Crippen molar-refractivity contribution in [1.29, 1.82) is 0 Å². The van der Waals surface area contributed by atoms with Gasteiger partial charge in [-0.3, -0.25) is 9.59 Å². The molecule has 0 aromatic heterocycles. The molecule has 0 saturated carbocycles. The Labute approximate surface area is 170 Å². The van der Waals surface area contributed by atoms with E-state index in [1.165, 1.54) is 6.20 Å². The Kier molecular flexibility index (Phi) is 6.77. The lowest BCUT2D eigenvalue weighted by molar-refractivity contribution is -0.118. The molecule has 5 N–H and O–H groups in total. The molecule has 1 unspecified atom stereocenters. The first kappa shape index (κ1) is 20.7. The Balaban J connectivity index is 1.53. The number of nitrogens with zero attached hydrogens (tertiary/aromatic N) is 1. The molecule has 2 aliphatic rings. The lowest BCUT2D eigenvalue weighted by Crippen LogP contribution is -2.39. The van der Waals surface area contributed by atoms with Crippen molar-refractivity contribution >= 4 is 17.5 Å². The molecule has 2 aliphatic heterocycles. The molecule has 0 bridgehead atoms. The van der Waals surface area contributed by atoms with Gasteiger partial charge in [-0.1, -0.05) is 0 Å². The molecule has 1 saturated heterocycles. The van der Waals surface area contributed by atoms with Crippen LogP contribution in [0.2, 0.25) is 0 Å². The standard InChI is InChI=1S/C21H28N4O4/c1-14(23)18(3-2-8-22)28-12-15-6-9-25(10-7-15)21(27)16-4-5-19-17(11-16)24-20(26)13-29-19/h2-5,8,11,14-15H,6-7,9-10,12-13,22-23H2,1H3,(H,24,26)/b8-2-,18-3+. The van der Waals surface area contributed by atoms with Gasteiger partial charge in [0.1, 0.15) is 11.5 Å². The number of anilines is 1. The van der Waals surface area contributed by atoms with Gasteiger partial charge in [0.2, 0.25) is 0 Å². The fraction of sp³-hybridized carbons (Fsp3) is 0.429. The van der Waals surface area contributed by atoms with E-state index in [-0.39, 0.29) is 24.5 Å². The summed E-state index contributed by atoms with van der Waals surface area (Å²) in [5.74, 6) is 1.38. The van der Waals surface area contributed by atoms with Crippen LogP contribution in [0, 0.1) is 5.92 Å². The molecule has 0 radical (unpaired) electrons. The summed E-state index contributed by atoms with van der Waals surface area (Å²) in [5, 5.41) is 2.74. The van der Waals surface area contributed by atoms with Gasteiger partial charge >= 0.3 is 0 Å². The van der Waals surface area contributed by atoms with Crippen molar-refractivity contribution in [1.82, 2.24) is 4.90 Å². The molecule has 2 amide bonds. The van der Waals surface area contributed by atoms with Crippen LogP contribution in [-0.2, 0) is 9.53 Å². The zero-order chi connectivity index (χ0) is 20.8. The molecular formula is C21H28N4O4. The number of carbonyl (C=O) groups excluding carboxylic acids is 2. The number of piperidine rings is 1. The van der Waals surface area contributed by atoms with Crippen LogP contribution in [0.3, 0.4) is 0 Å².